The van der Waals surface area contributed by atoms with E-state index < -0.39 is 28.6 Å². The van der Waals surface area contributed by atoms with Gasteiger partial charge in [0.05, 0.1) is 11.6 Å². The van der Waals surface area contributed by atoms with Crippen molar-refractivity contribution >= 4 is 39.1 Å². The van der Waals surface area contributed by atoms with Gasteiger partial charge in [-0.25, -0.2) is 8.42 Å². The molecular weight excluding hydrogens is 365 g/mol. The number of amides is 1. The summed E-state index contributed by atoms with van der Waals surface area (Å²) in [7, 11) is -4.07. The maximum Gasteiger partial charge on any atom is 0.243 e. The lowest BCUT2D eigenvalue weighted by molar-refractivity contribution is -0.134. The van der Waals surface area contributed by atoms with Gasteiger partial charge in [-0.3, -0.25) is 4.79 Å². The van der Waals surface area contributed by atoms with Gasteiger partial charge in [-0.2, -0.15) is 4.72 Å². The fourth-order valence-electron chi connectivity index (χ4n) is 2.22. The fraction of sp³-hybridized carbons (Fsp3) is 0.462. The second kappa shape index (κ2) is 7.78. The number of carbonyl (C=O) groups is 1. The zero-order chi connectivity index (χ0) is 17.0. The monoisotopic (exact) mass is 381 g/mol. The van der Waals surface area contributed by atoms with Gasteiger partial charge in [0, 0.05) is 31.2 Å². The van der Waals surface area contributed by atoms with E-state index in [2.05, 4.69) is 10.0 Å². The number of hydrogen-bond acceptors (Lipinski definition) is 5. The molecule has 1 fully saturated rings. The summed E-state index contributed by atoms with van der Waals surface area (Å²) in [6.45, 7) is 1.52. The van der Waals surface area contributed by atoms with Crippen LogP contribution in [0.1, 0.15) is 0 Å². The molecule has 1 atom stereocenters. The Morgan fingerprint density at radius 2 is 2.00 bits per heavy atom. The van der Waals surface area contributed by atoms with E-state index in [0.717, 1.165) is 0 Å². The predicted octanol–water partition coefficient (Wildman–Crippen LogP) is 0.0644. The fourth-order valence-corrected chi connectivity index (χ4v) is 4.17. The van der Waals surface area contributed by atoms with Gasteiger partial charge < -0.3 is 15.3 Å². The van der Waals surface area contributed by atoms with Gasteiger partial charge in [-0.15, -0.1) is 0 Å². The van der Waals surface area contributed by atoms with E-state index in [1.54, 1.807) is 0 Å². The van der Waals surface area contributed by atoms with Crippen molar-refractivity contribution in [3.05, 3.63) is 28.2 Å². The van der Waals surface area contributed by atoms with E-state index in [9.17, 15) is 18.3 Å². The first kappa shape index (κ1) is 18.4. The Labute approximate surface area is 144 Å². The third kappa shape index (κ3) is 4.56. The molecule has 1 aliphatic rings. The highest BCUT2D eigenvalue weighted by Gasteiger charge is 2.30. The minimum Gasteiger partial charge on any atom is -0.394 e. The molecule has 128 valence electrons. The zero-order valence-corrected chi connectivity index (χ0v) is 14.5. The Bertz CT molecular complexity index is 678. The Morgan fingerprint density at radius 1 is 1.35 bits per heavy atom. The van der Waals surface area contributed by atoms with Crippen LogP contribution in [0.25, 0.3) is 0 Å². The number of piperazine rings is 1. The second-order valence-corrected chi connectivity index (χ2v) is 7.53. The molecule has 1 amide bonds. The highest BCUT2D eigenvalue weighted by Crippen LogP contribution is 2.25. The van der Waals surface area contributed by atoms with Gasteiger partial charge in [0.2, 0.25) is 15.9 Å². The van der Waals surface area contributed by atoms with Crippen LogP contribution in [0.4, 0.5) is 0 Å². The van der Waals surface area contributed by atoms with E-state index in [1.807, 2.05) is 0 Å². The van der Waals surface area contributed by atoms with Gasteiger partial charge in [0.1, 0.15) is 10.9 Å². The van der Waals surface area contributed by atoms with Crippen molar-refractivity contribution in [3.8, 4) is 0 Å². The number of hydrogen-bond donors (Lipinski definition) is 3. The molecule has 0 bridgehead atoms. The lowest BCUT2D eigenvalue weighted by atomic mass is 10.2. The molecule has 0 unspecified atom stereocenters. The van der Waals surface area contributed by atoms with Crippen LogP contribution in [0.3, 0.4) is 0 Å². The van der Waals surface area contributed by atoms with E-state index >= 15 is 0 Å². The molecule has 1 aliphatic heterocycles. The van der Waals surface area contributed by atoms with Crippen LogP contribution in [-0.4, -0.2) is 63.2 Å². The smallest absolute Gasteiger partial charge is 0.243 e. The first-order chi connectivity index (χ1) is 10.8. The molecular formula is C13H17Cl2N3O4S. The highest BCUT2D eigenvalue weighted by molar-refractivity contribution is 7.89. The molecule has 1 aromatic carbocycles. The average Bonchev–Trinajstić information content (AvgIpc) is 2.52. The normalized spacial score (nSPS) is 17.1. The number of aliphatic hydroxyl groups is 1. The maximum atomic E-state index is 12.4. The van der Waals surface area contributed by atoms with Gasteiger partial charge in [0.25, 0.3) is 0 Å². The van der Waals surface area contributed by atoms with E-state index in [4.69, 9.17) is 23.2 Å². The van der Waals surface area contributed by atoms with Crippen molar-refractivity contribution in [2.75, 3.05) is 32.8 Å². The van der Waals surface area contributed by atoms with Crippen LogP contribution in [0.2, 0.25) is 10.0 Å². The first-order valence-corrected chi connectivity index (χ1v) is 9.17. The number of benzene rings is 1. The van der Waals surface area contributed by atoms with Crippen molar-refractivity contribution in [2.45, 2.75) is 10.9 Å². The van der Waals surface area contributed by atoms with Gasteiger partial charge >= 0.3 is 0 Å². The first-order valence-electron chi connectivity index (χ1n) is 6.93. The molecule has 0 saturated carbocycles. The van der Waals surface area contributed by atoms with Crippen LogP contribution < -0.4 is 10.0 Å². The number of nitrogens with zero attached hydrogens (tertiary/aromatic N) is 1. The molecule has 0 radical (unpaired) electrons. The summed E-state index contributed by atoms with van der Waals surface area (Å²) >= 11 is 11.6. The predicted molar refractivity (Wildman–Crippen MR) is 87.1 cm³/mol. The molecule has 1 aromatic rings. The molecule has 7 nitrogen and oxygen atoms in total. The number of rotatable bonds is 5. The molecule has 1 saturated heterocycles. The number of halogens is 2. The summed E-state index contributed by atoms with van der Waals surface area (Å²) in [6, 6.07) is 2.67. The van der Waals surface area contributed by atoms with Crippen LogP contribution in [0, 0.1) is 0 Å². The second-order valence-electron chi connectivity index (χ2n) is 5.01. The third-order valence-corrected chi connectivity index (χ3v) is 5.58. The maximum absolute atomic E-state index is 12.4. The van der Waals surface area contributed by atoms with E-state index in [1.165, 1.54) is 23.1 Å². The van der Waals surface area contributed by atoms with E-state index in [0.29, 0.717) is 31.2 Å². The summed E-state index contributed by atoms with van der Waals surface area (Å²) in [5, 5.41) is 12.7. The lowest BCUT2D eigenvalue weighted by Crippen LogP contribution is -2.55. The van der Waals surface area contributed by atoms with Crippen LogP contribution in [0.5, 0.6) is 0 Å². The Hall–Kier alpha value is -0.900. The average molecular weight is 382 g/mol. The van der Waals surface area contributed by atoms with Crippen molar-refractivity contribution in [3.63, 3.8) is 0 Å². The van der Waals surface area contributed by atoms with Gasteiger partial charge in [-0.05, 0) is 18.2 Å². The van der Waals surface area contributed by atoms with Crippen molar-refractivity contribution < 1.29 is 18.3 Å². The van der Waals surface area contributed by atoms with Crippen LogP contribution in [-0.2, 0) is 14.8 Å². The molecule has 0 spiro atoms. The van der Waals surface area contributed by atoms with Crippen molar-refractivity contribution in [2.24, 2.45) is 0 Å². The third-order valence-electron chi connectivity index (χ3n) is 3.39. The van der Waals surface area contributed by atoms with Crippen LogP contribution >= 0.6 is 23.2 Å². The van der Waals surface area contributed by atoms with Crippen molar-refractivity contribution in [1.82, 2.24) is 14.9 Å². The molecule has 1 heterocycles. The quantitative estimate of drug-likeness (QED) is 0.669. The highest BCUT2D eigenvalue weighted by atomic mass is 35.5. The summed E-state index contributed by atoms with van der Waals surface area (Å²) in [6.07, 6.45) is 0. The molecule has 23 heavy (non-hydrogen) atoms. The largest absolute Gasteiger partial charge is 0.394 e. The molecule has 2 rings (SSSR count). The number of nitrogens with one attached hydrogen (secondary N) is 2. The number of aliphatic hydroxyl groups excluding tert-OH is 1. The minimum atomic E-state index is -4.07. The van der Waals surface area contributed by atoms with Crippen LogP contribution in [0.15, 0.2) is 23.1 Å². The molecule has 3 N–H and O–H groups in total. The SMILES string of the molecule is O=C([C@H](CO)NS(=O)(=O)c1ccc(Cl)cc1Cl)N1CCNCC1. The summed E-state index contributed by atoms with van der Waals surface area (Å²) in [5.41, 5.74) is 0. The Kier molecular flexibility index (Phi) is 6.24. The van der Waals surface area contributed by atoms with Gasteiger partial charge in [-0.1, -0.05) is 23.2 Å². The molecule has 0 aliphatic carbocycles. The van der Waals surface area contributed by atoms with Crippen molar-refractivity contribution in [1.29, 1.82) is 0 Å². The van der Waals surface area contributed by atoms with Gasteiger partial charge in [0.15, 0.2) is 0 Å². The zero-order valence-electron chi connectivity index (χ0n) is 12.1. The molecule has 10 heteroatoms. The Balaban J connectivity index is 2.17. The Morgan fingerprint density at radius 3 is 2.57 bits per heavy atom. The number of sulfonamides is 1. The molecule has 0 aromatic heterocycles. The minimum absolute atomic E-state index is 0.0590. The number of carbonyl (C=O) groups excluding carboxylic acids is 1. The standard InChI is InChI=1S/C13H17Cl2N3O4S/c14-9-1-2-12(10(15)7-9)23(21,22)17-11(8-19)13(20)18-5-3-16-4-6-18/h1-2,7,11,16-17,19H,3-6,8H2/t11-/m0/s1. The topological polar surface area (TPSA) is 98.7 Å². The summed E-state index contributed by atoms with van der Waals surface area (Å²) in [5.74, 6) is -0.470. The van der Waals surface area contributed by atoms with E-state index in [-0.39, 0.29) is 9.92 Å². The summed E-state index contributed by atoms with van der Waals surface area (Å²) in [4.78, 5) is 13.6. The summed E-state index contributed by atoms with van der Waals surface area (Å²) < 4.78 is 27.0. The lowest BCUT2D eigenvalue weighted by Gasteiger charge is -2.30.